The van der Waals surface area contributed by atoms with Crippen molar-refractivity contribution in [3.63, 3.8) is 0 Å². The molecule has 0 bridgehead atoms. The Morgan fingerprint density at radius 1 is 1.02 bits per heavy atom. The Labute approximate surface area is 300 Å². The van der Waals surface area contributed by atoms with E-state index in [1.54, 1.807) is 11.0 Å². The fourth-order valence-electron chi connectivity index (χ4n) is 7.36. The molecular formula is C39H43F3N6O4. The van der Waals surface area contributed by atoms with E-state index >= 15 is 8.78 Å². The first-order valence-electron chi connectivity index (χ1n) is 17.5. The number of carbonyl (C=O) groups excluding carboxylic acids is 1. The molecule has 1 aliphatic carbocycles. The minimum Gasteiger partial charge on any atom is -0.490 e. The van der Waals surface area contributed by atoms with Gasteiger partial charge in [-0.1, -0.05) is 6.07 Å². The minimum absolute atomic E-state index is 0.00624. The van der Waals surface area contributed by atoms with Crippen LogP contribution in [-0.4, -0.2) is 67.8 Å². The number of alkyl halides is 1. The SMILES string of the molecule is COCCOc1cc(F)cc(F)c1-c1c(-c2cc3n(n2)[C@@H](C)CN(C(=O)OC(C)(C)C)[C@@H]3C)nc(-c2ccc3c(c2)nc(C)n3C)c2c1[C@H](F)CC2. The monoisotopic (exact) mass is 716 g/mol. The van der Waals surface area contributed by atoms with Gasteiger partial charge in [-0.15, -0.1) is 0 Å². The average molecular weight is 717 g/mol. The Kier molecular flexibility index (Phi) is 9.04. The van der Waals surface area contributed by atoms with E-state index in [2.05, 4.69) is 0 Å². The van der Waals surface area contributed by atoms with Crippen molar-refractivity contribution in [1.29, 1.82) is 0 Å². The number of halogens is 3. The molecule has 0 unspecified atom stereocenters. The molecule has 1 amide bonds. The Morgan fingerprint density at radius 3 is 2.52 bits per heavy atom. The van der Waals surface area contributed by atoms with E-state index in [4.69, 9.17) is 29.3 Å². The molecule has 2 aromatic carbocycles. The lowest BCUT2D eigenvalue weighted by Gasteiger charge is -2.38. The molecule has 3 aromatic heterocycles. The van der Waals surface area contributed by atoms with E-state index < -0.39 is 35.5 Å². The molecule has 1 aliphatic heterocycles. The first-order chi connectivity index (χ1) is 24.7. The van der Waals surface area contributed by atoms with Crippen LogP contribution in [0.25, 0.3) is 44.8 Å². The molecule has 0 radical (unpaired) electrons. The van der Waals surface area contributed by atoms with Crippen LogP contribution in [0.15, 0.2) is 36.4 Å². The van der Waals surface area contributed by atoms with Crippen LogP contribution in [0.3, 0.4) is 0 Å². The van der Waals surface area contributed by atoms with E-state index in [-0.39, 0.29) is 53.8 Å². The number of pyridine rings is 1. The number of hydrogen-bond acceptors (Lipinski definition) is 7. The quantitative estimate of drug-likeness (QED) is 0.156. The molecule has 5 aromatic rings. The fraction of sp³-hybridized carbons (Fsp3) is 0.436. The smallest absolute Gasteiger partial charge is 0.410 e. The van der Waals surface area contributed by atoms with E-state index in [1.165, 1.54) is 7.11 Å². The van der Waals surface area contributed by atoms with Gasteiger partial charge in [0.2, 0.25) is 0 Å². The fourth-order valence-corrected chi connectivity index (χ4v) is 7.36. The molecule has 7 rings (SSSR count). The van der Waals surface area contributed by atoms with Crippen molar-refractivity contribution in [1.82, 2.24) is 29.2 Å². The number of rotatable bonds is 7. The molecule has 274 valence electrons. The zero-order valence-corrected chi connectivity index (χ0v) is 30.7. The lowest BCUT2D eigenvalue weighted by atomic mass is 9.90. The van der Waals surface area contributed by atoms with Crippen molar-refractivity contribution in [3.8, 4) is 39.5 Å². The number of benzene rings is 2. The Bertz CT molecular complexity index is 2210. The number of hydrogen-bond donors (Lipinski definition) is 0. The summed E-state index contributed by atoms with van der Waals surface area (Å²) in [5.74, 6) is -1.02. The number of methoxy groups -OCH3 is 1. The number of carbonyl (C=O) groups is 1. The summed E-state index contributed by atoms with van der Waals surface area (Å²) in [6.07, 6.45) is -1.41. The third kappa shape index (κ3) is 6.18. The molecule has 13 heteroatoms. The second kappa shape index (κ2) is 13.3. The van der Waals surface area contributed by atoms with Crippen molar-refractivity contribution in [3.05, 3.63) is 70.7 Å². The van der Waals surface area contributed by atoms with Gasteiger partial charge in [-0.2, -0.15) is 5.10 Å². The second-order valence-electron chi connectivity index (χ2n) is 14.7. The number of aryl methyl sites for hydroxylation is 2. The summed E-state index contributed by atoms with van der Waals surface area (Å²) in [7, 11) is 3.44. The first kappa shape index (κ1) is 35.5. The normalized spacial score (nSPS) is 18.5. The van der Waals surface area contributed by atoms with Crippen molar-refractivity contribution < 1.29 is 32.2 Å². The average Bonchev–Trinajstić information content (AvgIpc) is 3.77. The van der Waals surface area contributed by atoms with Gasteiger partial charge in [0.15, 0.2) is 0 Å². The van der Waals surface area contributed by atoms with E-state index in [0.717, 1.165) is 34.6 Å². The van der Waals surface area contributed by atoms with Crippen LogP contribution in [-0.2, 0) is 22.9 Å². The predicted molar refractivity (Wildman–Crippen MR) is 191 cm³/mol. The molecule has 10 nitrogen and oxygen atoms in total. The molecule has 0 N–H and O–H groups in total. The van der Waals surface area contributed by atoms with Gasteiger partial charge in [-0.3, -0.25) is 9.58 Å². The zero-order valence-electron chi connectivity index (χ0n) is 30.7. The van der Waals surface area contributed by atoms with Gasteiger partial charge in [0, 0.05) is 49.5 Å². The van der Waals surface area contributed by atoms with Crippen molar-refractivity contribution in [2.24, 2.45) is 7.05 Å². The van der Waals surface area contributed by atoms with Crippen molar-refractivity contribution in [2.45, 2.75) is 78.2 Å². The van der Waals surface area contributed by atoms with Crippen molar-refractivity contribution in [2.75, 3.05) is 26.9 Å². The zero-order chi connectivity index (χ0) is 37.2. The van der Waals surface area contributed by atoms with E-state index in [1.807, 2.05) is 76.0 Å². The van der Waals surface area contributed by atoms with Crippen LogP contribution in [0.4, 0.5) is 18.0 Å². The van der Waals surface area contributed by atoms with Crippen LogP contribution < -0.4 is 4.74 Å². The molecule has 2 aliphatic rings. The standard InChI is InChI=1S/C39H43F3N6O4/c1-20-19-47(38(49)52-39(4,5)6)21(2)31-18-29(45-48(20)31)37-35(34-27(42)16-24(40)17-32(34)51-14-13-50-8)33-25(10-11-26(33)41)36(44-37)23-9-12-30-28(15-23)43-22(3)46(30)7/h9,12,15-18,20-21,26H,10-11,13-14,19H2,1-8H3/t20-,21+,26+/m0/s1. The van der Waals surface area contributed by atoms with Gasteiger partial charge >= 0.3 is 6.09 Å². The van der Waals surface area contributed by atoms with Crippen LogP contribution in [0.5, 0.6) is 5.75 Å². The lowest BCUT2D eigenvalue weighted by molar-refractivity contribution is 0.00865. The summed E-state index contributed by atoms with van der Waals surface area (Å²) in [5, 5.41) is 4.99. The van der Waals surface area contributed by atoms with Gasteiger partial charge in [0.05, 0.1) is 52.4 Å². The van der Waals surface area contributed by atoms with Gasteiger partial charge in [-0.25, -0.2) is 27.9 Å². The van der Waals surface area contributed by atoms with E-state index in [0.29, 0.717) is 35.6 Å². The maximum atomic E-state index is 16.5. The van der Waals surface area contributed by atoms with Crippen LogP contribution in [0.1, 0.15) is 81.9 Å². The summed E-state index contributed by atoms with van der Waals surface area (Å²) in [4.78, 5) is 24.9. The van der Waals surface area contributed by atoms with E-state index in [9.17, 15) is 9.18 Å². The summed E-state index contributed by atoms with van der Waals surface area (Å²) in [6, 6.07) is 8.79. The van der Waals surface area contributed by atoms with Gasteiger partial charge in [0.25, 0.3) is 0 Å². The molecular weight excluding hydrogens is 673 g/mol. The summed E-state index contributed by atoms with van der Waals surface area (Å²) < 4.78 is 68.1. The highest BCUT2D eigenvalue weighted by atomic mass is 19.1. The van der Waals surface area contributed by atoms with Gasteiger partial charge < -0.3 is 18.8 Å². The highest BCUT2D eigenvalue weighted by Crippen LogP contribution is 2.51. The Morgan fingerprint density at radius 2 is 1.79 bits per heavy atom. The number of aromatic nitrogens is 5. The van der Waals surface area contributed by atoms with Crippen molar-refractivity contribution >= 4 is 17.1 Å². The highest BCUT2D eigenvalue weighted by Gasteiger charge is 2.39. The maximum Gasteiger partial charge on any atom is 0.410 e. The predicted octanol–water partition coefficient (Wildman–Crippen LogP) is 8.61. The number of amides is 1. The van der Waals surface area contributed by atoms with Crippen LogP contribution in [0, 0.1) is 18.6 Å². The molecule has 0 fully saturated rings. The molecule has 0 saturated carbocycles. The molecule has 4 heterocycles. The number of ether oxygens (including phenoxy) is 3. The van der Waals surface area contributed by atoms with Crippen LogP contribution >= 0.6 is 0 Å². The number of fused-ring (bicyclic) bond motifs is 3. The molecule has 0 saturated heterocycles. The topological polar surface area (TPSA) is 96.5 Å². The third-order valence-corrected chi connectivity index (χ3v) is 9.90. The maximum absolute atomic E-state index is 16.5. The molecule has 3 atom stereocenters. The van der Waals surface area contributed by atoms with Crippen LogP contribution in [0.2, 0.25) is 0 Å². The summed E-state index contributed by atoms with van der Waals surface area (Å²) in [5.41, 5.74) is 4.47. The Hall–Kier alpha value is -4.91. The summed E-state index contributed by atoms with van der Waals surface area (Å²) >= 11 is 0. The van der Waals surface area contributed by atoms with Gasteiger partial charge in [0.1, 0.15) is 47.3 Å². The Balaban J connectivity index is 1.48. The minimum atomic E-state index is -1.47. The largest absolute Gasteiger partial charge is 0.490 e. The summed E-state index contributed by atoms with van der Waals surface area (Å²) in [6.45, 7) is 11.7. The van der Waals surface area contributed by atoms with Gasteiger partial charge in [-0.05, 0) is 78.1 Å². The lowest BCUT2D eigenvalue weighted by Crippen LogP contribution is -2.45. The first-order valence-corrected chi connectivity index (χ1v) is 17.5. The number of nitrogens with zero attached hydrogens (tertiary/aromatic N) is 6. The number of imidazole rings is 1. The molecule has 0 spiro atoms. The molecule has 52 heavy (non-hydrogen) atoms. The second-order valence-corrected chi connectivity index (χ2v) is 14.7. The third-order valence-electron chi connectivity index (χ3n) is 9.90. The highest BCUT2D eigenvalue weighted by molar-refractivity contribution is 5.91.